The smallest absolute Gasteiger partial charge is 0.194 e. The Labute approximate surface area is 131 Å². The fourth-order valence-electron chi connectivity index (χ4n) is 1.85. The van der Waals surface area contributed by atoms with E-state index in [0.29, 0.717) is 28.1 Å². The molecule has 0 heterocycles. The monoisotopic (exact) mass is 352 g/mol. The maximum Gasteiger partial charge on any atom is 0.194 e. The Balaban J connectivity index is 2.30. The molecule has 0 bridgehead atoms. The summed E-state index contributed by atoms with van der Waals surface area (Å²) < 4.78 is 5.36. The van der Waals surface area contributed by atoms with Crippen LogP contribution in [-0.4, -0.2) is 12.4 Å². The quantitative estimate of drug-likeness (QED) is 0.566. The molecule has 0 spiro atoms. The van der Waals surface area contributed by atoms with E-state index in [4.69, 9.17) is 16.3 Å². The van der Waals surface area contributed by atoms with Crippen molar-refractivity contribution in [2.75, 3.05) is 6.61 Å². The molecule has 0 aliphatic heterocycles. The number of alkyl halides is 1. The lowest BCUT2D eigenvalue weighted by Gasteiger charge is -2.07. The maximum atomic E-state index is 12.5. The van der Waals surface area contributed by atoms with Gasteiger partial charge in [0.2, 0.25) is 0 Å². The van der Waals surface area contributed by atoms with Gasteiger partial charge in [-0.3, -0.25) is 4.79 Å². The molecule has 2 aromatic rings. The molecule has 0 N–H and O–H groups in total. The van der Waals surface area contributed by atoms with Crippen molar-refractivity contribution in [3.05, 3.63) is 64.2 Å². The number of rotatable bonds is 5. The highest BCUT2D eigenvalue weighted by Gasteiger charge is 2.13. The summed E-state index contributed by atoms with van der Waals surface area (Å²) in [6, 6.07) is 12.6. The molecule has 0 aliphatic carbocycles. The Morgan fingerprint density at radius 1 is 1.20 bits per heavy atom. The van der Waals surface area contributed by atoms with E-state index in [9.17, 15) is 4.79 Å². The van der Waals surface area contributed by atoms with Gasteiger partial charge in [0, 0.05) is 16.5 Å². The summed E-state index contributed by atoms with van der Waals surface area (Å²) in [7, 11) is 0. The summed E-state index contributed by atoms with van der Waals surface area (Å²) in [6.45, 7) is 2.52. The van der Waals surface area contributed by atoms with Crippen molar-refractivity contribution in [2.45, 2.75) is 12.3 Å². The number of hydrogen-bond donors (Lipinski definition) is 0. The molecule has 0 amide bonds. The minimum absolute atomic E-state index is 0.0825. The van der Waals surface area contributed by atoms with Crippen LogP contribution in [0, 0.1) is 0 Å². The molecule has 2 rings (SSSR count). The Morgan fingerprint density at radius 3 is 2.50 bits per heavy atom. The highest BCUT2D eigenvalue weighted by molar-refractivity contribution is 9.08. The van der Waals surface area contributed by atoms with Gasteiger partial charge in [-0.2, -0.15) is 0 Å². The molecule has 104 valence electrons. The molecular formula is C16H14BrClO2. The van der Waals surface area contributed by atoms with E-state index < -0.39 is 0 Å². The third kappa shape index (κ3) is 3.41. The predicted octanol–water partition coefficient (Wildman–Crippen LogP) is 4.86. The largest absolute Gasteiger partial charge is 0.494 e. The number of benzene rings is 2. The van der Waals surface area contributed by atoms with E-state index in [2.05, 4.69) is 15.9 Å². The molecule has 0 aromatic heterocycles. The molecule has 0 saturated carbocycles. The lowest BCUT2D eigenvalue weighted by molar-refractivity contribution is 0.103. The Bertz CT molecular complexity index is 608. The summed E-state index contributed by atoms with van der Waals surface area (Å²) in [5.74, 6) is 0.671. The van der Waals surface area contributed by atoms with E-state index in [-0.39, 0.29) is 5.78 Å². The van der Waals surface area contributed by atoms with Gasteiger partial charge in [0.1, 0.15) is 5.75 Å². The first-order chi connectivity index (χ1) is 9.65. The summed E-state index contributed by atoms with van der Waals surface area (Å²) in [5.41, 5.74) is 2.14. The summed E-state index contributed by atoms with van der Waals surface area (Å²) >= 11 is 9.50. The standard InChI is InChI=1S/C16H14BrClO2/c1-2-20-13-6-4-12(5-7-13)16(19)14-9-11(10-17)3-8-15(14)18/h3-9H,2,10H2,1H3. The van der Waals surface area contributed by atoms with Crippen molar-refractivity contribution in [3.8, 4) is 5.75 Å². The zero-order valence-electron chi connectivity index (χ0n) is 11.0. The molecule has 0 fully saturated rings. The van der Waals surface area contributed by atoms with Gasteiger partial charge >= 0.3 is 0 Å². The molecule has 0 saturated heterocycles. The van der Waals surface area contributed by atoms with Gasteiger partial charge in [0.15, 0.2) is 5.78 Å². The molecule has 4 heteroatoms. The first kappa shape index (κ1) is 15.1. The topological polar surface area (TPSA) is 26.3 Å². The number of halogens is 2. The van der Waals surface area contributed by atoms with Crippen LogP contribution < -0.4 is 4.74 Å². The van der Waals surface area contributed by atoms with Crippen LogP contribution in [-0.2, 0) is 5.33 Å². The lowest BCUT2D eigenvalue weighted by Crippen LogP contribution is -2.03. The molecule has 2 nitrogen and oxygen atoms in total. The van der Waals surface area contributed by atoms with Gasteiger partial charge in [-0.25, -0.2) is 0 Å². The van der Waals surface area contributed by atoms with Gasteiger partial charge in [-0.1, -0.05) is 33.6 Å². The second kappa shape index (κ2) is 6.91. The number of carbonyl (C=O) groups is 1. The van der Waals surface area contributed by atoms with Crippen molar-refractivity contribution in [2.24, 2.45) is 0 Å². The van der Waals surface area contributed by atoms with Crippen molar-refractivity contribution < 1.29 is 9.53 Å². The Hall–Kier alpha value is -1.32. The lowest BCUT2D eigenvalue weighted by atomic mass is 10.0. The van der Waals surface area contributed by atoms with Crippen molar-refractivity contribution in [3.63, 3.8) is 0 Å². The molecule has 0 unspecified atom stereocenters. The van der Waals surface area contributed by atoms with Crippen LogP contribution in [0.1, 0.15) is 28.4 Å². The van der Waals surface area contributed by atoms with E-state index in [1.54, 1.807) is 30.3 Å². The molecule has 0 aliphatic rings. The molecular weight excluding hydrogens is 340 g/mol. The third-order valence-electron chi connectivity index (χ3n) is 2.86. The van der Waals surface area contributed by atoms with Crippen LogP contribution in [0.3, 0.4) is 0 Å². The van der Waals surface area contributed by atoms with Gasteiger partial charge in [-0.05, 0) is 48.9 Å². The van der Waals surface area contributed by atoms with Gasteiger partial charge < -0.3 is 4.74 Å². The molecule has 20 heavy (non-hydrogen) atoms. The SMILES string of the molecule is CCOc1ccc(C(=O)c2cc(CBr)ccc2Cl)cc1. The van der Waals surface area contributed by atoms with E-state index in [0.717, 1.165) is 11.3 Å². The fourth-order valence-corrected chi connectivity index (χ4v) is 2.41. The first-order valence-corrected chi connectivity index (χ1v) is 7.77. The van der Waals surface area contributed by atoms with Crippen LogP contribution in [0.15, 0.2) is 42.5 Å². The fraction of sp³-hybridized carbons (Fsp3) is 0.188. The predicted molar refractivity (Wildman–Crippen MR) is 85.1 cm³/mol. The second-order valence-corrected chi connectivity index (χ2v) is 5.20. The number of ketones is 1. The Morgan fingerprint density at radius 2 is 1.90 bits per heavy atom. The second-order valence-electron chi connectivity index (χ2n) is 4.23. The average molecular weight is 354 g/mol. The summed E-state index contributed by atoms with van der Waals surface area (Å²) in [5, 5.41) is 1.15. The number of ether oxygens (including phenoxy) is 1. The number of carbonyl (C=O) groups excluding carboxylic acids is 1. The van der Waals surface area contributed by atoms with Crippen molar-refractivity contribution in [1.82, 2.24) is 0 Å². The normalized spacial score (nSPS) is 10.3. The van der Waals surface area contributed by atoms with Crippen molar-refractivity contribution in [1.29, 1.82) is 0 Å². The average Bonchev–Trinajstić information content (AvgIpc) is 2.48. The highest BCUT2D eigenvalue weighted by atomic mass is 79.9. The van der Waals surface area contributed by atoms with Gasteiger partial charge in [0.25, 0.3) is 0 Å². The van der Waals surface area contributed by atoms with Crippen LogP contribution in [0.2, 0.25) is 5.02 Å². The summed E-state index contributed by atoms with van der Waals surface area (Å²) in [4.78, 5) is 12.5. The molecule has 2 aromatic carbocycles. The Kier molecular flexibility index (Phi) is 5.21. The van der Waals surface area contributed by atoms with Crippen LogP contribution in [0.5, 0.6) is 5.75 Å². The third-order valence-corrected chi connectivity index (χ3v) is 3.83. The molecule has 0 radical (unpaired) electrons. The summed E-state index contributed by atoms with van der Waals surface area (Å²) in [6.07, 6.45) is 0. The van der Waals surface area contributed by atoms with E-state index >= 15 is 0 Å². The van der Waals surface area contributed by atoms with Crippen molar-refractivity contribution >= 4 is 33.3 Å². The van der Waals surface area contributed by atoms with E-state index in [1.165, 1.54) is 0 Å². The maximum absolute atomic E-state index is 12.5. The minimum atomic E-state index is -0.0825. The first-order valence-electron chi connectivity index (χ1n) is 6.27. The zero-order valence-corrected chi connectivity index (χ0v) is 13.4. The van der Waals surface area contributed by atoms with Crippen LogP contribution in [0.25, 0.3) is 0 Å². The van der Waals surface area contributed by atoms with Crippen LogP contribution >= 0.6 is 27.5 Å². The minimum Gasteiger partial charge on any atom is -0.494 e. The van der Waals surface area contributed by atoms with E-state index in [1.807, 2.05) is 19.1 Å². The van der Waals surface area contributed by atoms with Crippen LogP contribution in [0.4, 0.5) is 0 Å². The van der Waals surface area contributed by atoms with Gasteiger partial charge in [-0.15, -0.1) is 0 Å². The zero-order chi connectivity index (χ0) is 14.5. The van der Waals surface area contributed by atoms with Gasteiger partial charge in [0.05, 0.1) is 11.6 Å². The number of hydrogen-bond acceptors (Lipinski definition) is 2. The highest BCUT2D eigenvalue weighted by Crippen LogP contribution is 2.23. The molecule has 0 atom stereocenters.